The summed E-state index contributed by atoms with van der Waals surface area (Å²) in [5.41, 5.74) is 0. The van der Waals surface area contributed by atoms with Gasteiger partial charge in [-0.1, -0.05) is 11.6 Å². The number of benzene rings is 1. The predicted octanol–water partition coefficient (Wildman–Crippen LogP) is 2.53. The number of hydrogen-bond donors (Lipinski definition) is 2. The van der Waals surface area contributed by atoms with Gasteiger partial charge in [-0.25, -0.2) is 13.1 Å². The van der Waals surface area contributed by atoms with E-state index in [1.807, 2.05) is 6.92 Å². The lowest BCUT2D eigenvalue weighted by molar-refractivity contribution is 0.347. The van der Waals surface area contributed by atoms with Crippen molar-refractivity contribution in [1.29, 1.82) is 0 Å². The van der Waals surface area contributed by atoms with Gasteiger partial charge in [-0.05, 0) is 54.4 Å². The lowest BCUT2D eigenvalue weighted by Crippen LogP contribution is -2.51. The molecule has 2 unspecified atom stereocenters. The fourth-order valence-corrected chi connectivity index (χ4v) is 5.14. The summed E-state index contributed by atoms with van der Waals surface area (Å²) in [6, 6.07) is 2.94. The van der Waals surface area contributed by atoms with E-state index in [0.29, 0.717) is 9.50 Å². The van der Waals surface area contributed by atoms with Crippen LogP contribution in [0, 0.1) is 0 Å². The van der Waals surface area contributed by atoms with Gasteiger partial charge in [0, 0.05) is 17.1 Å². The van der Waals surface area contributed by atoms with Gasteiger partial charge in [0.1, 0.15) is 4.90 Å². The summed E-state index contributed by atoms with van der Waals surface area (Å²) in [7, 11) is -2.28. The fraction of sp³-hybridized carbons (Fsp3) is 0.538. The van der Waals surface area contributed by atoms with Crippen molar-refractivity contribution < 1.29 is 13.2 Å². The van der Waals surface area contributed by atoms with Gasteiger partial charge in [0.2, 0.25) is 10.0 Å². The van der Waals surface area contributed by atoms with Gasteiger partial charge < -0.3 is 10.1 Å². The smallest absolute Gasteiger partial charge is 0.244 e. The Kier molecular flexibility index (Phi) is 5.54. The van der Waals surface area contributed by atoms with E-state index in [2.05, 4.69) is 26.0 Å². The zero-order valence-electron chi connectivity index (χ0n) is 11.8. The molecular formula is C13H18BrClN2O3S. The van der Waals surface area contributed by atoms with Crippen molar-refractivity contribution in [1.82, 2.24) is 10.0 Å². The van der Waals surface area contributed by atoms with Crippen LogP contribution in [-0.2, 0) is 10.0 Å². The molecule has 0 bridgehead atoms. The van der Waals surface area contributed by atoms with E-state index >= 15 is 0 Å². The summed E-state index contributed by atoms with van der Waals surface area (Å²) < 4.78 is 33.7. The van der Waals surface area contributed by atoms with E-state index in [1.54, 1.807) is 6.07 Å². The van der Waals surface area contributed by atoms with Crippen LogP contribution in [0.5, 0.6) is 5.75 Å². The number of piperidine rings is 1. The molecule has 0 spiro atoms. The lowest BCUT2D eigenvalue weighted by Gasteiger charge is -2.30. The SMILES string of the molecule is COc1c(Br)cc(Cl)cc1S(=O)(=O)NC1CCCNC1C. The second-order valence-electron chi connectivity index (χ2n) is 5.03. The molecule has 1 heterocycles. The van der Waals surface area contributed by atoms with Crippen LogP contribution in [0.2, 0.25) is 5.02 Å². The first kappa shape index (κ1) is 17.0. The molecule has 1 saturated heterocycles. The summed E-state index contributed by atoms with van der Waals surface area (Å²) in [6.45, 7) is 2.88. The molecule has 0 aliphatic carbocycles. The van der Waals surface area contributed by atoms with Crippen molar-refractivity contribution in [3.05, 3.63) is 21.6 Å². The Morgan fingerprint density at radius 3 is 2.81 bits per heavy atom. The molecule has 2 N–H and O–H groups in total. The number of ether oxygens (including phenoxy) is 1. The maximum absolute atomic E-state index is 12.6. The molecular weight excluding hydrogens is 380 g/mol. The zero-order chi connectivity index (χ0) is 15.6. The van der Waals surface area contributed by atoms with Crippen LogP contribution in [-0.4, -0.2) is 34.2 Å². The Morgan fingerprint density at radius 2 is 2.19 bits per heavy atom. The van der Waals surface area contributed by atoms with E-state index in [0.717, 1.165) is 19.4 Å². The molecule has 0 aromatic heterocycles. The Hall–Kier alpha value is -0.340. The van der Waals surface area contributed by atoms with Crippen LogP contribution in [0.25, 0.3) is 0 Å². The molecule has 0 amide bonds. The monoisotopic (exact) mass is 396 g/mol. The summed E-state index contributed by atoms with van der Waals surface area (Å²) in [5, 5.41) is 3.60. The van der Waals surface area contributed by atoms with Crippen molar-refractivity contribution in [2.75, 3.05) is 13.7 Å². The second kappa shape index (κ2) is 6.83. The van der Waals surface area contributed by atoms with E-state index in [1.165, 1.54) is 13.2 Å². The Bertz CT molecular complexity index is 624. The molecule has 0 saturated carbocycles. The molecule has 118 valence electrons. The average Bonchev–Trinajstić information content (AvgIpc) is 2.40. The molecule has 2 atom stereocenters. The highest BCUT2D eigenvalue weighted by molar-refractivity contribution is 9.10. The van der Waals surface area contributed by atoms with E-state index in [-0.39, 0.29) is 22.7 Å². The Labute approximate surface area is 138 Å². The van der Waals surface area contributed by atoms with Gasteiger partial charge >= 0.3 is 0 Å². The van der Waals surface area contributed by atoms with Crippen LogP contribution in [0.3, 0.4) is 0 Å². The molecule has 2 rings (SSSR count). The molecule has 1 aliphatic heterocycles. The van der Waals surface area contributed by atoms with E-state index in [9.17, 15) is 8.42 Å². The van der Waals surface area contributed by atoms with Gasteiger partial charge in [-0.15, -0.1) is 0 Å². The first-order valence-electron chi connectivity index (χ1n) is 6.64. The molecule has 8 heteroatoms. The number of rotatable bonds is 4. The molecule has 5 nitrogen and oxygen atoms in total. The number of sulfonamides is 1. The number of methoxy groups -OCH3 is 1. The van der Waals surface area contributed by atoms with Crippen LogP contribution in [0.1, 0.15) is 19.8 Å². The zero-order valence-corrected chi connectivity index (χ0v) is 15.0. The number of hydrogen-bond acceptors (Lipinski definition) is 4. The van der Waals surface area contributed by atoms with Crippen molar-refractivity contribution in [2.45, 2.75) is 36.7 Å². The first-order valence-corrected chi connectivity index (χ1v) is 9.29. The predicted molar refractivity (Wildman–Crippen MR) is 86.5 cm³/mol. The summed E-state index contributed by atoms with van der Waals surface area (Å²) in [4.78, 5) is 0.0437. The van der Waals surface area contributed by atoms with Gasteiger partial charge in [0.05, 0.1) is 11.6 Å². The van der Waals surface area contributed by atoms with Gasteiger partial charge in [-0.3, -0.25) is 0 Å². The highest BCUT2D eigenvalue weighted by Crippen LogP contribution is 2.35. The number of nitrogens with one attached hydrogen (secondary N) is 2. The third-order valence-electron chi connectivity index (χ3n) is 3.54. The number of halogens is 2. The lowest BCUT2D eigenvalue weighted by atomic mass is 10.0. The fourth-order valence-electron chi connectivity index (χ4n) is 2.40. The van der Waals surface area contributed by atoms with Gasteiger partial charge in [-0.2, -0.15) is 0 Å². The molecule has 21 heavy (non-hydrogen) atoms. The Balaban J connectivity index is 2.35. The quantitative estimate of drug-likeness (QED) is 0.819. The van der Waals surface area contributed by atoms with Crippen molar-refractivity contribution >= 4 is 37.6 Å². The summed E-state index contributed by atoms with van der Waals surface area (Å²) >= 11 is 9.24. The van der Waals surface area contributed by atoms with Crippen molar-refractivity contribution in [3.8, 4) is 5.75 Å². The minimum absolute atomic E-state index is 0.0437. The highest BCUT2D eigenvalue weighted by atomic mass is 79.9. The molecule has 1 fully saturated rings. The van der Waals surface area contributed by atoms with Crippen LogP contribution < -0.4 is 14.8 Å². The average molecular weight is 398 g/mol. The third-order valence-corrected chi connectivity index (χ3v) is 5.84. The first-order chi connectivity index (χ1) is 9.85. The largest absolute Gasteiger partial charge is 0.494 e. The maximum Gasteiger partial charge on any atom is 0.244 e. The van der Waals surface area contributed by atoms with Crippen molar-refractivity contribution in [3.63, 3.8) is 0 Å². The van der Waals surface area contributed by atoms with Gasteiger partial charge in [0.25, 0.3) is 0 Å². The van der Waals surface area contributed by atoms with E-state index < -0.39 is 10.0 Å². The molecule has 1 aromatic carbocycles. The molecule has 1 aromatic rings. The third kappa shape index (κ3) is 3.90. The van der Waals surface area contributed by atoms with Crippen molar-refractivity contribution in [2.24, 2.45) is 0 Å². The standard InChI is InChI=1S/C13H18BrClN2O3S/c1-8-11(4-3-5-16-8)17-21(18,19)12-7-9(15)6-10(14)13(12)20-2/h6-8,11,16-17H,3-5H2,1-2H3. The highest BCUT2D eigenvalue weighted by Gasteiger charge is 2.29. The van der Waals surface area contributed by atoms with Gasteiger partial charge in [0.15, 0.2) is 5.75 Å². The molecule has 0 radical (unpaired) electrons. The summed E-state index contributed by atoms with van der Waals surface area (Å²) in [6.07, 6.45) is 1.74. The normalized spacial score (nSPS) is 23.0. The van der Waals surface area contributed by atoms with Crippen LogP contribution in [0.15, 0.2) is 21.5 Å². The topological polar surface area (TPSA) is 67.4 Å². The summed E-state index contributed by atoms with van der Waals surface area (Å²) in [5.74, 6) is 0.253. The van der Waals surface area contributed by atoms with E-state index in [4.69, 9.17) is 16.3 Å². The second-order valence-corrected chi connectivity index (χ2v) is 8.00. The Morgan fingerprint density at radius 1 is 1.48 bits per heavy atom. The minimum atomic E-state index is -3.71. The minimum Gasteiger partial charge on any atom is -0.494 e. The maximum atomic E-state index is 12.6. The van der Waals surface area contributed by atoms with Crippen LogP contribution in [0.4, 0.5) is 0 Å². The van der Waals surface area contributed by atoms with Crippen LogP contribution >= 0.6 is 27.5 Å². The molecule has 1 aliphatic rings.